The van der Waals surface area contributed by atoms with Crippen molar-refractivity contribution in [2.45, 2.75) is 24.6 Å². The molecular formula is C10H15BrCl2. The molecule has 0 aromatic rings. The van der Waals surface area contributed by atoms with Crippen LogP contribution in [0.25, 0.3) is 0 Å². The lowest BCUT2D eigenvalue weighted by molar-refractivity contribution is 0.829. The molecule has 0 amide bonds. The zero-order chi connectivity index (χ0) is 10.3. The van der Waals surface area contributed by atoms with Crippen molar-refractivity contribution in [2.24, 2.45) is 0 Å². The Morgan fingerprint density at radius 3 is 2.54 bits per heavy atom. The Bertz CT molecular complexity index is 187. The van der Waals surface area contributed by atoms with Gasteiger partial charge >= 0.3 is 0 Å². The van der Waals surface area contributed by atoms with E-state index < -0.39 is 0 Å². The van der Waals surface area contributed by atoms with Gasteiger partial charge in [-0.15, -0.1) is 23.2 Å². The molecule has 0 aromatic carbocycles. The molecule has 0 bridgehead atoms. The summed E-state index contributed by atoms with van der Waals surface area (Å²) < 4.78 is 0. The molecule has 0 rings (SSSR count). The summed E-state index contributed by atoms with van der Waals surface area (Å²) in [6.45, 7) is 5.90. The van der Waals surface area contributed by atoms with E-state index in [0.29, 0.717) is 16.6 Å². The second kappa shape index (κ2) is 7.90. The fourth-order valence-corrected chi connectivity index (χ4v) is 1.58. The maximum Gasteiger partial charge on any atom is 0.0433 e. The van der Waals surface area contributed by atoms with Crippen molar-refractivity contribution >= 4 is 39.1 Å². The van der Waals surface area contributed by atoms with Gasteiger partial charge < -0.3 is 0 Å². The lowest BCUT2D eigenvalue weighted by atomic mass is 10.1. The second-order valence-corrected chi connectivity index (χ2v) is 4.68. The van der Waals surface area contributed by atoms with Crippen LogP contribution in [0.2, 0.25) is 0 Å². The third-order valence-corrected chi connectivity index (χ3v) is 3.53. The van der Waals surface area contributed by atoms with Gasteiger partial charge in [-0.1, -0.05) is 39.7 Å². The molecule has 0 aliphatic rings. The Morgan fingerprint density at radius 2 is 2.15 bits per heavy atom. The molecule has 76 valence electrons. The topological polar surface area (TPSA) is 0 Å². The van der Waals surface area contributed by atoms with Gasteiger partial charge in [-0.2, -0.15) is 0 Å². The van der Waals surface area contributed by atoms with Crippen molar-refractivity contribution in [2.75, 3.05) is 11.8 Å². The fraction of sp³-hybridized carbons (Fsp3) is 0.600. The number of rotatable bonds is 6. The molecular weight excluding hydrogens is 271 g/mol. The first-order valence-corrected chi connectivity index (χ1v) is 6.19. The monoisotopic (exact) mass is 284 g/mol. The average Bonchev–Trinajstić information content (AvgIpc) is 2.11. The van der Waals surface area contributed by atoms with Gasteiger partial charge in [0, 0.05) is 16.6 Å². The third-order valence-electron chi connectivity index (χ3n) is 1.79. The van der Waals surface area contributed by atoms with Crippen LogP contribution in [-0.4, -0.2) is 16.6 Å². The van der Waals surface area contributed by atoms with E-state index in [-0.39, 0.29) is 0 Å². The van der Waals surface area contributed by atoms with Crippen LogP contribution in [-0.2, 0) is 0 Å². The maximum absolute atomic E-state index is 5.74. The minimum absolute atomic E-state index is 0.384. The predicted octanol–water partition coefficient (Wildman–Crippen LogP) is 4.51. The van der Waals surface area contributed by atoms with Gasteiger partial charge in [0.1, 0.15) is 0 Å². The minimum atomic E-state index is 0.384. The fourth-order valence-electron chi connectivity index (χ4n) is 0.891. The average molecular weight is 286 g/mol. The molecule has 3 heteroatoms. The van der Waals surface area contributed by atoms with E-state index in [1.807, 2.05) is 13.0 Å². The molecule has 0 N–H and O–H groups in total. The minimum Gasteiger partial charge on any atom is -0.122 e. The standard InChI is InChI=1S/C10H15BrCl2/c1-8(2)10(11)4-3-9(7-13)5-6-12/h5,10H,1,3-4,6-7H2,2H3/b9-5-/t10-/m0/s1. The molecule has 0 nitrogen and oxygen atoms in total. The van der Waals surface area contributed by atoms with Gasteiger partial charge in [-0.25, -0.2) is 0 Å². The van der Waals surface area contributed by atoms with Crippen molar-refractivity contribution in [3.63, 3.8) is 0 Å². The Hall–Kier alpha value is 0.540. The SMILES string of the molecule is C=C(C)[C@@H](Br)CC/C(=C/CCl)CCl. The Morgan fingerprint density at radius 1 is 1.54 bits per heavy atom. The molecule has 0 aliphatic carbocycles. The highest BCUT2D eigenvalue weighted by atomic mass is 79.9. The number of hydrogen-bond acceptors (Lipinski definition) is 0. The first-order valence-electron chi connectivity index (χ1n) is 4.21. The second-order valence-electron chi connectivity index (χ2n) is 3.00. The third kappa shape index (κ3) is 6.59. The van der Waals surface area contributed by atoms with Gasteiger partial charge in [0.15, 0.2) is 0 Å². The molecule has 0 unspecified atom stereocenters. The number of alkyl halides is 3. The highest BCUT2D eigenvalue weighted by Crippen LogP contribution is 2.19. The lowest BCUT2D eigenvalue weighted by Gasteiger charge is -2.09. The molecule has 0 aliphatic heterocycles. The summed E-state index contributed by atoms with van der Waals surface area (Å²) in [5, 5.41) is 0. The van der Waals surface area contributed by atoms with Crippen LogP contribution >= 0.6 is 39.1 Å². The van der Waals surface area contributed by atoms with E-state index >= 15 is 0 Å². The van der Waals surface area contributed by atoms with Crippen LogP contribution in [0.15, 0.2) is 23.8 Å². The smallest absolute Gasteiger partial charge is 0.0433 e. The number of allylic oxidation sites excluding steroid dienone is 3. The molecule has 0 radical (unpaired) electrons. The highest BCUT2D eigenvalue weighted by molar-refractivity contribution is 9.09. The zero-order valence-electron chi connectivity index (χ0n) is 7.82. The van der Waals surface area contributed by atoms with E-state index in [9.17, 15) is 0 Å². The molecule has 1 atom stereocenters. The van der Waals surface area contributed by atoms with Crippen LogP contribution in [0.1, 0.15) is 19.8 Å². The summed E-state index contributed by atoms with van der Waals surface area (Å²) in [6, 6.07) is 0. The van der Waals surface area contributed by atoms with Gasteiger partial charge in [0.25, 0.3) is 0 Å². The lowest BCUT2D eigenvalue weighted by Crippen LogP contribution is -2.00. The molecule has 0 spiro atoms. The van der Waals surface area contributed by atoms with Crippen molar-refractivity contribution in [1.82, 2.24) is 0 Å². The van der Waals surface area contributed by atoms with E-state index in [4.69, 9.17) is 23.2 Å². The van der Waals surface area contributed by atoms with E-state index in [2.05, 4.69) is 22.5 Å². The highest BCUT2D eigenvalue weighted by Gasteiger charge is 2.05. The molecule has 13 heavy (non-hydrogen) atoms. The van der Waals surface area contributed by atoms with Gasteiger partial charge in [0.2, 0.25) is 0 Å². The van der Waals surface area contributed by atoms with Gasteiger partial charge in [0.05, 0.1) is 0 Å². The summed E-state index contributed by atoms with van der Waals surface area (Å²) in [5.41, 5.74) is 2.36. The predicted molar refractivity (Wildman–Crippen MR) is 66.3 cm³/mol. The molecule has 0 saturated carbocycles. The summed E-state index contributed by atoms with van der Waals surface area (Å²) in [4.78, 5) is 0.384. The van der Waals surface area contributed by atoms with Crippen LogP contribution in [0, 0.1) is 0 Å². The van der Waals surface area contributed by atoms with Gasteiger partial charge in [-0.3, -0.25) is 0 Å². The molecule has 0 saturated heterocycles. The Balaban J connectivity index is 3.85. The van der Waals surface area contributed by atoms with Crippen molar-refractivity contribution in [1.29, 1.82) is 0 Å². The van der Waals surface area contributed by atoms with Crippen LogP contribution in [0.5, 0.6) is 0 Å². The van der Waals surface area contributed by atoms with E-state index in [0.717, 1.165) is 18.4 Å². The van der Waals surface area contributed by atoms with Crippen molar-refractivity contribution in [3.05, 3.63) is 23.8 Å². The quantitative estimate of drug-likeness (QED) is 0.498. The molecule has 0 aromatic heterocycles. The van der Waals surface area contributed by atoms with Gasteiger partial charge in [-0.05, 0) is 19.8 Å². The normalized spacial score (nSPS) is 14.3. The largest absolute Gasteiger partial charge is 0.122 e. The number of hydrogen-bond donors (Lipinski definition) is 0. The summed E-state index contributed by atoms with van der Waals surface area (Å²) >= 11 is 14.9. The number of halogens is 3. The van der Waals surface area contributed by atoms with Crippen LogP contribution in [0.4, 0.5) is 0 Å². The van der Waals surface area contributed by atoms with Crippen LogP contribution < -0.4 is 0 Å². The van der Waals surface area contributed by atoms with E-state index in [1.165, 1.54) is 5.57 Å². The first kappa shape index (κ1) is 13.5. The summed E-state index contributed by atoms with van der Waals surface area (Å²) in [7, 11) is 0. The zero-order valence-corrected chi connectivity index (χ0v) is 10.9. The molecule has 0 fully saturated rings. The molecule has 0 heterocycles. The first-order chi connectivity index (χ1) is 6.11. The van der Waals surface area contributed by atoms with Crippen LogP contribution in [0.3, 0.4) is 0 Å². The van der Waals surface area contributed by atoms with E-state index in [1.54, 1.807) is 0 Å². The van der Waals surface area contributed by atoms with Crippen molar-refractivity contribution in [3.8, 4) is 0 Å². The van der Waals surface area contributed by atoms with Crippen molar-refractivity contribution < 1.29 is 0 Å². The summed E-state index contributed by atoms with van der Waals surface area (Å²) in [6.07, 6.45) is 4.00. The maximum atomic E-state index is 5.74. The Kier molecular flexibility index (Phi) is 8.23. The summed E-state index contributed by atoms with van der Waals surface area (Å²) in [5.74, 6) is 1.12. The Labute approximate surface area is 99.1 Å².